The molecule has 1 N–H and O–H groups in total. The highest BCUT2D eigenvalue weighted by molar-refractivity contribution is 7.89. The summed E-state index contributed by atoms with van der Waals surface area (Å²) in [6.45, 7) is 0.863. The van der Waals surface area contributed by atoms with Gasteiger partial charge >= 0.3 is 0 Å². The normalized spacial score (nSPS) is 19.9. The number of piperidine rings is 1. The Morgan fingerprint density at radius 1 is 0.946 bits per heavy atom. The summed E-state index contributed by atoms with van der Waals surface area (Å²) in [5, 5.41) is 3.58. The van der Waals surface area contributed by atoms with Crippen LogP contribution in [0.4, 0.5) is 4.39 Å². The molecule has 1 spiro atoms. The van der Waals surface area contributed by atoms with Gasteiger partial charge in [0.15, 0.2) is 0 Å². The smallest absolute Gasteiger partial charge is 0.243 e. The maximum atomic E-state index is 13.7. The molecule has 0 radical (unpaired) electrons. The summed E-state index contributed by atoms with van der Waals surface area (Å²) in [7, 11) is -2.15. The summed E-state index contributed by atoms with van der Waals surface area (Å²) in [4.78, 5) is 15.7. The number of amides is 1. The minimum atomic E-state index is -3.69. The predicted molar refractivity (Wildman–Crippen MR) is 138 cm³/mol. The van der Waals surface area contributed by atoms with E-state index in [4.69, 9.17) is 4.74 Å². The lowest BCUT2D eigenvalue weighted by Crippen LogP contribution is -2.59. The second-order valence-corrected chi connectivity index (χ2v) is 11.5. The van der Waals surface area contributed by atoms with Gasteiger partial charge in [0.2, 0.25) is 15.9 Å². The van der Waals surface area contributed by atoms with Crippen LogP contribution in [-0.4, -0.2) is 55.4 Å². The third-order valence-electron chi connectivity index (χ3n) is 7.31. The molecule has 3 aromatic rings. The van der Waals surface area contributed by atoms with Crippen LogP contribution in [0.5, 0.6) is 5.75 Å². The quantitative estimate of drug-likeness (QED) is 0.513. The summed E-state index contributed by atoms with van der Waals surface area (Å²) >= 11 is 0. The largest absolute Gasteiger partial charge is 0.497 e. The molecule has 0 bridgehead atoms. The lowest BCUT2D eigenvalue weighted by molar-refractivity contribution is -0.134. The van der Waals surface area contributed by atoms with Crippen molar-refractivity contribution in [3.63, 3.8) is 0 Å². The van der Waals surface area contributed by atoms with Gasteiger partial charge in [-0.15, -0.1) is 0 Å². The second-order valence-electron chi connectivity index (χ2n) is 9.55. The van der Waals surface area contributed by atoms with Crippen molar-refractivity contribution in [1.29, 1.82) is 0 Å². The van der Waals surface area contributed by atoms with Crippen molar-refractivity contribution in [3.05, 3.63) is 95.8 Å². The molecule has 2 aliphatic rings. The fourth-order valence-electron chi connectivity index (χ4n) is 5.26. The van der Waals surface area contributed by atoms with Crippen molar-refractivity contribution >= 4 is 15.9 Å². The van der Waals surface area contributed by atoms with Gasteiger partial charge in [-0.05, 0) is 66.8 Å². The number of carbonyl (C=O) groups is 1. The van der Waals surface area contributed by atoms with Gasteiger partial charge in [-0.3, -0.25) is 10.1 Å². The van der Waals surface area contributed by atoms with Crippen molar-refractivity contribution in [1.82, 2.24) is 14.5 Å². The molecular weight excluding hydrogens is 493 g/mol. The Labute approximate surface area is 216 Å². The Bertz CT molecular complexity index is 1340. The number of carbonyl (C=O) groups excluding carboxylic acids is 1. The van der Waals surface area contributed by atoms with Gasteiger partial charge in [0.1, 0.15) is 11.6 Å². The number of sulfonamides is 1. The molecule has 194 valence electrons. The molecule has 0 unspecified atom stereocenters. The SMILES string of the molecule is COc1ccc(S(=O)(=O)N2CCC3(CC2)N[C@@H](Cc2ccccc2)C(=O)N3Cc2ccc(F)cc2)cc1. The molecule has 1 amide bonds. The van der Waals surface area contributed by atoms with E-state index in [0.29, 0.717) is 31.6 Å². The number of benzene rings is 3. The van der Waals surface area contributed by atoms with E-state index in [0.717, 1.165) is 11.1 Å². The average Bonchev–Trinajstić information content (AvgIpc) is 3.16. The van der Waals surface area contributed by atoms with Crippen molar-refractivity contribution in [2.75, 3.05) is 20.2 Å². The molecule has 2 heterocycles. The van der Waals surface area contributed by atoms with E-state index in [9.17, 15) is 17.6 Å². The van der Waals surface area contributed by atoms with Gasteiger partial charge < -0.3 is 9.64 Å². The molecule has 0 aliphatic carbocycles. The third kappa shape index (κ3) is 5.12. The first-order valence-electron chi connectivity index (χ1n) is 12.3. The molecule has 5 rings (SSSR count). The molecule has 37 heavy (non-hydrogen) atoms. The number of rotatable bonds is 7. The number of methoxy groups -OCH3 is 1. The van der Waals surface area contributed by atoms with Crippen LogP contribution in [0.3, 0.4) is 0 Å². The monoisotopic (exact) mass is 523 g/mol. The highest BCUT2D eigenvalue weighted by Gasteiger charge is 2.52. The van der Waals surface area contributed by atoms with Crippen molar-refractivity contribution in [3.8, 4) is 5.75 Å². The number of nitrogens with zero attached hydrogens (tertiary/aromatic N) is 2. The molecule has 0 saturated carbocycles. The predicted octanol–water partition coefficient (Wildman–Crippen LogP) is 3.56. The van der Waals surface area contributed by atoms with E-state index in [2.05, 4.69) is 5.32 Å². The molecule has 0 aromatic heterocycles. The van der Waals surface area contributed by atoms with Crippen LogP contribution >= 0.6 is 0 Å². The number of halogens is 1. The van der Waals surface area contributed by atoms with Crippen molar-refractivity contribution in [2.24, 2.45) is 0 Å². The maximum absolute atomic E-state index is 13.7. The first kappa shape index (κ1) is 25.4. The third-order valence-corrected chi connectivity index (χ3v) is 9.22. The molecule has 2 fully saturated rings. The number of ether oxygens (including phenoxy) is 1. The first-order chi connectivity index (χ1) is 17.8. The zero-order valence-corrected chi connectivity index (χ0v) is 21.5. The molecule has 7 nitrogen and oxygen atoms in total. The van der Waals surface area contributed by atoms with Gasteiger partial charge in [0.25, 0.3) is 0 Å². The summed E-state index contributed by atoms with van der Waals surface area (Å²) < 4.78 is 46.8. The lowest BCUT2D eigenvalue weighted by Gasteiger charge is -2.44. The van der Waals surface area contributed by atoms with Crippen LogP contribution in [0.25, 0.3) is 0 Å². The highest BCUT2D eigenvalue weighted by atomic mass is 32.2. The van der Waals surface area contributed by atoms with Crippen LogP contribution in [0.15, 0.2) is 83.8 Å². The van der Waals surface area contributed by atoms with E-state index in [1.165, 1.54) is 23.5 Å². The summed E-state index contributed by atoms with van der Waals surface area (Å²) in [6.07, 6.45) is 1.43. The minimum absolute atomic E-state index is 0.0281. The number of nitrogens with one attached hydrogen (secondary N) is 1. The van der Waals surface area contributed by atoms with Gasteiger partial charge in [0, 0.05) is 19.6 Å². The molecule has 9 heteroatoms. The first-order valence-corrected chi connectivity index (χ1v) is 13.8. The van der Waals surface area contributed by atoms with Crippen LogP contribution in [0.1, 0.15) is 24.0 Å². The van der Waals surface area contributed by atoms with Crippen LogP contribution < -0.4 is 10.1 Å². The molecule has 3 aromatic carbocycles. The van der Waals surface area contributed by atoms with Crippen molar-refractivity contribution in [2.45, 2.75) is 42.4 Å². The zero-order valence-electron chi connectivity index (χ0n) is 20.6. The van der Waals surface area contributed by atoms with Crippen LogP contribution in [-0.2, 0) is 27.8 Å². The van der Waals surface area contributed by atoms with E-state index in [1.54, 1.807) is 36.4 Å². The molecule has 2 aliphatic heterocycles. The Morgan fingerprint density at radius 2 is 1.59 bits per heavy atom. The zero-order chi connectivity index (χ0) is 26.0. The topological polar surface area (TPSA) is 79.0 Å². The van der Waals surface area contributed by atoms with E-state index >= 15 is 0 Å². The lowest BCUT2D eigenvalue weighted by atomic mass is 9.96. The molecular formula is C28H30FN3O4S. The minimum Gasteiger partial charge on any atom is -0.497 e. The Morgan fingerprint density at radius 3 is 2.22 bits per heavy atom. The highest BCUT2D eigenvalue weighted by Crippen LogP contribution is 2.36. The fraction of sp³-hybridized carbons (Fsp3) is 0.321. The maximum Gasteiger partial charge on any atom is 0.243 e. The number of hydrogen-bond donors (Lipinski definition) is 1. The number of hydrogen-bond acceptors (Lipinski definition) is 5. The Hall–Kier alpha value is -3.27. The van der Waals surface area contributed by atoms with E-state index < -0.39 is 21.7 Å². The summed E-state index contributed by atoms with van der Waals surface area (Å²) in [6, 6.07) is 21.9. The standard InChI is InChI=1S/C28H30FN3O4S/c1-36-24-11-13-25(14-12-24)37(34,35)31-17-15-28(16-18-31)30-26(19-21-5-3-2-4-6-21)27(33)32(28)20-22-7-9-23(29)10-8-22/h2-14,26,30H,15-20H2,1H3/t26-/m0/s1. The Balaban J connectivity index is 1.38. The van der Waals surface area contributed by atoms with Crippen LogP contribution in [0, 0.1) is 5.82 Å². The van der Waals surface area contributed by atoms with Crippen molar-refractivity contribution < 1.29 is 22.3 Å². The summed E-state index contributed by atoms with van der Waals surface area (Å²) in [5.41, 5.74) is 1.19. The Kier molecular flexibility index (Phi) is 7.02. The van der Waals surface area contributed by atoms with Gasteiger partial charge in [-0.25, -0.2) is 12.8 Å². The molecule has 1 atom stereocenters. The second kappa shape index (κ2) is 10.2. The van der Waals surface area contributed by atoms with E-state index in [1.807, 2.05) is 35.2 Å². The van der Waals surface area contributed by atoms with Gasteiger partial charge in [-0.1, -0.05) is 42.5 Å². The van der Waals surface area contributed by atoms with Gasteiger partial charge in [0.05, 0.1) is 23.7 Å². The molecule has 2 saturated heterocycles. The van der Waals surface area contributed by atoms with E-state index in [-0.39, 0.29) is 29.7 Å². The van der Waals surface area contributed by atoms with Crippen LogP contribution in [0.2, 0.25) is 0 Å². The van der Waals surface area contributed by atoms with Gasteiger partial charge in [-0.2, -0.15) is 4.31 Å². The summed E-state index contributed by atoms with van der Waals surface area (Å²) in [5.74, 6) is 0.231. The fourth-order valence-corrected chi connectivity index (χ4v) is 6.70. The average molecular weight is 524 g/mol.